The normalized spacial score (nSPS) is 7.70. The third kappa shape index (κ3) is 15.8. The van der Waals surface area contributed by atoms with E-state index in [9.17, 15) is 4.79 Å². The fourth-order valence-corrected chi connectivity index (χ4v) is 0.318. The monoisotopic (exact) mass is 258 g/mol. The topological polar surface area (TPSA) is 26.3 Å². The van der Waals surface area contributed by atoms with Crippen LogP contribution in [-0.2, 0) is 25.9 Å². The summed E-state index contributed by atoms with van der Waals surface area (Å²) in [5.41, 5.74) is 0. The van der Waals surface area contributed by atoms with Gasteiger partial charge in [-0.3, -0.25) is 4.79 Å². The van der Waals surface area contributed by atoms with Crippen LogP contribution in [0, 0.1) is 6.92 Å². The quantitative estimate of drug-likeness (QED) is 0.336. The number of ether oxygens (including phenoxy) is 1. The molecule has 0 amide bonds. The van der Waals surface area contributed by atoms with Gasteiger partial charge in [-0.15, -0.1) is 0 Å². The second-order valence-corrected chi connectivity index (χ2v) is 1.55. The van der Waals surface area contributed by atoms with Crippen LogP contribution < -0.4 is 0 Å². The van der Waals surface area contributed by atoms with Crippen molar-refractivity contribution in [2.75, 3.05) is 6.61 Å². The summed E-state index contributed by atoms with van der Waals surface area (Å²) in [4.78, 5) is 10.1. The van der Waals surface area contributed by atoms with E-state index in [0.717, 1.165) is 12.8 Å². The van der Waals surface area contributed by atoms with Gasteiger partial charge in [-0.1, -0.05) is 0 Å². The summed E-state index contributed by atoms with van der Waals surface area (Å²) in [5, 5.41) is 0. The van der Waals surface area contributed by atoms with Gasteiger partial charge in [-0.2, -0.15) is 6.42 Å². The molecule has 0 radical (unpaired) electrons. The van der Waals surface area contributed by atoms with Crippen molar-refractivity contribution < 1.29 is 25.9 Å². The van der Waals surface area contributed by atoms with Gasteiger partial charge >= 0.3 is 35.9 Å². The summed E-state index contributed by atoms with van der Waals surface area (Å²) >= 11 is 4.25. The van der Waals surface area contributed by atoms with Crippen LogP contribution in [0.4, 0.5) is 0 Å². The van der Waals surface area contributed by atoms with Crippen molar-refractivity contribution in [1.29, 1.82) is 0 Å². The number of esters is 1. The van der Waals surface area contributed by atoms with Crippen molar-refractivity contribution >= 4 is 19.6 Å². The van der Waals surface area contributed by atoms with Crippen molar-refractivity contribution in [3.05, 3.63) is 6.92 Å². The van der Waals surface area contributed by atoms with Gasteiger partial charge in [-0.25, -0.2) is 0 Å². The fourth-order valence-electron chi connectivity index (χ4n) is 0.318. The molecule has 2 nitrogen and oxygen atoms in total. The summed E-state index contributed by atoms with van der Waals surface area (Å²) in [5.74, 6) is -0.210. The Bertz CT molecular complexity index is 78.1. The van der Waals surface area contributed by atoms with Crippen LogP contribution in [-0.4, -0.2) is 12.6 Å². The van der Waals surface area contributed by atoms with Crippen molar-refractivity contribution in [3.8, 4) is 0 Å². The van der Waals surface area contributed by atoms with Crippen molar-refractivity contribution in [1.82, 2.24) is 0 Å². The van der Waals surface area contributed by atoms with Crippen LogP contribution >= 0.6 is 13.6 Å². The molecule has 0 saturated carbocycles. The van der Waals surface area contributed by atoms with E-state index in [0.29, 0.717) is 6.61 Å². The molecule has 0 spiro atoms. The molecule has 0 rings (SSSR count). The maximum atomic E-state index is 10.1. The third-order valence-electron chi connectivity index (χ3n) is 0.700. The molecule has 0 aromatic rings. The van der Waals surface area contributed by atoms with E-state index in [1.165, 1.54) is 23.3 Å². The summed E-state index contributed by atoms with van der Waals surface area (Å²) in [6, 6.07) is 0. The summed E-state index contributed by atoms with van der Waals surface area (Å²) in [6.07, 6.45) is 1.69. The van der Waals surface area contributed by atoms with Crippen molar-refractivity contribution in [3.63, 3.8) is 0 Å². The van der Waals surface area contributed by atoms with Crippen LogP contribution in [0.5, 0.6) is 0 Å². The van der Waals surface area contributed by atoms with Crippen molar-refractivity contribution in [2.45, 2.75) is 19.8 Å². The number of carbonyl (C=O) groups is 1. The first kappa shape index (κ1) is 13.2. The Morgan fingerprint density at radius 1 is 1.70 bits per heavy atom. The fraction of sp³-hybridized carbons (Fsp3) is 0.667. The summed E-state index contributed by atoms with van der Waals surface area (Å²) < 4.78 is 4.60. The van der Waals surface area contributed by atoms with Gasteiger partial charge < -0.3 is 11.7 Å². The standard InChI is InChI=1S/C6H11O2.BrH.Zn/c1-3-4-5-8-6(2)7;;/h1,3-5H2,2H3;1H;/q-1;;+2/p-1. The van der Waals surface area contributed by atoms with E-state index in [2.05, 4.69) is 25.3 Å². The Balaban J connectivity index is 0. The average molecular weight is 260 g/mol. The van der Waals surface area contributed by atoms with Gasteiger partial charge in [0.2, 0.25) is 0 Å². The molecule has 0 heterocycles. The molecule has 0 aromatic carbocycles. The van der Waals surface area contributed by atoms with Gasteiger partial charge in [0, 0.05) is 6.92 Å². The molecule has 0 N–H and O–H groups in total. The first-order chi connectivity index (χ1) is 4.77. The minimum atomic E-state index is -0.210. The molecule has 0 aliphatic rings. The molecular formula is C6H11BrO2Zn. The maximum absolute atomic E-state index is 10.1. The molecule has 0 atom stereocenters. The first-order valence-corrected chi connectivity index (χ1v) is 9.91. The van der Waals surface area contributed by atoms with Crippen molar-refractivity contribution in [2.24, 2.45) is 0 Å². The second kappa shape index (κ2) is 12.3. The molecule has 56 valence electrons. The van der Waals surface area contributed by atoms with Crippen LogP contribution in [0.25, 0.3) is 0 Å². The van der Waals surface area contributed by atoms with Crippen LogP contribution in [0.3, 0.4) is 0 Å². The van der Waals surface area contributed by atoms with Gasteiger partial charge in [0.1, 0.15) is 0 Å². The van der Waals surface area contributed by atoms with Gasteiger partial charge in [0.25, 0.3) is 0 Å². The summed E-state index contributed by atoms with van der Waals surface area (Å²) in [7, 11) is 0. The van der Waals surface area contributed by atoms with E-state index >= 15 is 0 Å². The average Bonchev–Trinajstić information content (AvgIpc) is 1.92. The Labute approximate surface area is 78.7 Å². The molecule has 0 saturated heterocycles. The molecule has 0 aliphatic heterocycles. The summed E-state index contributed by atoms with van der Waals surface area (Å²) in [6.45, 7) is 5.51. The SMILES string of the molecule is [CH2-]CCCOC(C)=O.[Zn+][Br]. The number of rotatable bonds is 3. The molecule has 10 heavy (non-hydrogen) atoms. The molecule has 0 fully saturated rings. The second-order valence-electron chi connectivity index (χ2n) is 1.55. The Hall–Kier alpha value is 0.573. The first-order valence-electron chi connectivity index (χ1n) is 2.96. The Kier molecular flexibility index (Phi) is 16.2. The molecule has 0 aromatic heterocycles. The zero-order valence-electron chi connectivity index (χ0n) is 6.23. The molecule has 0 aliphatic carbocycles. The zero-order valence-corrected chi connectivity index (χ0v) is 10.8. The molecule has 0 bridgehead atoms. The van der Waals surface area contributed by atoms with E-state index in [4.69, 9.17) is 0 Å². The van der Waals surface area contributed by atoms with Crippen LogP contribution in [0.2, 0.25) is 0 Å². The van der Waals surface area contributed by atoms with Gasteiger partial charge in [0.05, 0.1) is 6.61 Å². The molecule has 4 heteroatoms. The van der Waals surface area contributed by atoms with Crippen LogP contribution in [0.1, 0.15) is 19.8 Å². The Morgan fingerprint density at radius 3 is 2.50 bits per heavy atom. The number of halogens is 1. The van der Waals surface area contributed by atoms with Gasteiger partial charge in [0.15, 0.2) is 0 Å². The number of carbonyl (C=O) groups excluding carboxylic acids is 1. The number of unbranched alkanes of at least 4 members (excludes halogenated alkanes) is 1. The van der Waals surface area contributed by atoms with Gasteiger partial charge in [-0.05, 0) is 6.42 Å². The van der Waals surface area contributed by atoms with E-state index < -0.39 is 0 Å². The van der Waals surface area contributed by atoms with E-state index in [1.807, 2.05) is 0 Å². The third-order valence-corrected chi connectivity index (χ3v) is 0.700. The van der Waals surface area contributed by atoms with E-state index in [1.54, 1.807) is 0 Å². The predicted octanol–water partition coefficient (Wildman–Crippen LogP) is 2.01. The zero-order chi connectivity index (χ0) is 8.41. The Morgan fingerprint density at radius 2 is 2.20 bits per heavy atom. The van der Waals surface area contributed by atoms with Crippen LogP contribution in [0.15, 0.2) is 0 Å². The molecule has 0 unspecified atom stereocenters. The van der Waals surface area contributed by atoms with E-state index in [-0.39, 0.29) is 5.97 Å². The predicted molar refractivity (Wildman–Crippen MR) is 40.2 cm³/mol. The number of hydrogen-bond acceptors (Lipinski definition) is 2. The molecular weight excluding hydrogens is 249 g/mol. The minimum absolute atomic E-state index is 0.210. The number of hydrogen-bond donors (Lipinski definition) is 0.